The van der Waals surface area contributed by atoms with E-state index in [1.807, 2.05) is 30.5 Å². The Morgan fingerprint density at radius 3 is 2.59 bits per heavy atom. The van der Waals surface area contributed by atoms with E-state index in [9.17, 15) is 4.79 Å². The van der Waals surface area contributed by atoms with E-state index in [1.54, 1.807) is 12.3 Å². The van der Waals surface area contributed by atoms with Gasteiger partial charge in [0.25, 0.3) is 5.91 Å². The molecule has 22 heavy (non-hydrogen) atoms. The quantitative estimate of drug-likeness (QED) is 0.820. The molecule has 1 heterocycles. The summed E-state index contributed by atoms with van der Waals surface area (Å²) in [5.41, 5.74) is 1.92. The Labute approximate surface area is 136 Å². The van der Waals surface area contributed by atoms with Gasteiger partial charge in [0.15, 0.2) is 0 Å². The highest BCUT2D eigenvalue weighted by Gasteiger charge is 2.17. The zero-order valence-electron chi connectivity index (χ0n) is 13.2. The summed E-state index contributed by atoms with van der Waals surface area (Å²) in [6, 6.07) is 13.9. The molecule has 1 atom stereocenters. The molecule has 116 valence electrons. The molecule has 0 aliphatic carbocycles. The highest BCUT2D eigenvalue weighted by molar-refractivity contribution is 7.98. The van der Waals surface area contributed by atoms with Gasteiger partial charge in [-0.2, -0.15) is 0 Å². The molecular formula is C18H22N2OS. The van der Waals surface area contributed by atoms with Crippen molar-refractivity contribution in [3.05, 3.63) is 59.8 Å². The number of amides is 1. The van der Waals surface area contributed by atoms with E-state index in [2.05, 4.69) is 36.3 Å². The topological polar surface area (TPSA) is 42.0 Å². The molecular weight excluding hydrogens is 292 g/mol. The lowest BCUT2D eigenvalue weighted by Gasteiger charge is -2.22. The highest BCUT2D eigenvalue weighted by atomic mass is 32.2. The third kappa shape index (κ3) is 4.34. The van der Waals surface area contributed by atoms with Gasteiger partial charge in [-0.1, -0.05) is 44.2 Å². The lowest BCUT2D eigenvalue weighted by Crippen LogP contribution is -2.30. The Morgan fingerprint density at radius 2 is 1.95 bits per heavy atom. The first-order valence-electron chi connectivity index (χ1n) is 7.45. The summed E-state index contributed by atoms with van der Waals surface area (Å²) >= 11 is 1.54. The van der Waals surface area contributed by atoms with Crippen molar-refractivity contribution in [3.8, 4) is 0 Å². The van der Waals surface area contributed by atoms with Crippen LogP contribution in [0.5, 0.6) is 0 Å². The summed E-state index contributed by atoms with van der Waals surface area (Å²) in [5, 5.41) is 3.91. The number of aromatic nitrogens is 1. The first-order valence-corrected chi connectivity index (χ1v) is 8.67. The zero-order valence-corrected chi connectivity index (χ0v) is 14.1. The normalized spacial score (nSPS) is 12.2. The van der Waals surface area contributed by atoms with E-state index in [-0.39, 0.29) is 5.91 Å². The van der Waals surface area contributed by atoms with E-state index in [0.29, 0.717) is 23.9 Å². The fourth-order valence-electron chi connectivity index (χ4n) is 2.41. The number of nitrogens with one attached hydrogen (secondary N) is 1. The van der Waals surface area contributed by atoms with Gasteiger partial charge in [0.2, 0.25) is 0 Å². The molecule has 3 nitrogen and oxygen atoms in total. The van der Waals surface area contributed by atoms with Gasteiger partial charge in [-0.05, 0) is 29.9 Å². The van der Waals surface area contributed by atoms with Gasteiger partial charge in [-0.25, -0.2) is 4.98 Å². The Bertz CT molecular complexity index is 613. The van der Waals surface area contributed by atoms with Crippen molar-refractivity contribution in [2.24, 2.45) is 5.92 Å². The first-order chi connectivity index (χ1) is 10.6. The predicted octanol–water partition coefficient (Wildman–Crippen LogP) is 3.97. The van der Waals surface area contributed by atoms with E-state index in [4.69, 9.17) is 0 Å². The van der Waals surface area contributed by atoms with Gasteiger partial charge in [0, 0.05) is 24.2 Å². The minimum absolute atomic E-state index is 0.0423. The van der Waals surface area contributed by atoms with Gasteiger partial charge in [0.1, 0.15) is 0 Å². The van der Waals surface area contributed by atoms with Gasteiger partial charge in [-0.3, -0.25) is 4.79 Å². The maximum Gasteiger partial charge on any atom is 0.251 e. The van der Waals surface area contributed by atoms with Crippen LogP contribution in [0.2, 0.25) is 0 Å². The van der Waals surface area contributed by atoms with Gasteiger partial charge in [0.05, 0.1) is 5.03 Å². The van der Waals surface area contributed by atoms with Crippen molar-refractivity contribution in [1.82, 2.24) is 10.3 Å². The van der Waals surface area contributed by atoms with Crippen LogP contribution >= 0.6 is 11.8 Å². The number of pyridine rings is 1. The number of hydrogen-bond donors (Lipinski definition) is 1. The van der Waals surface area contributed by atoms with Crippen LogP contribution in [-0.2, 0) is 0 Å². The Hall–Kier alpha value is -1.81. The number of carbonyl (C=O) groups excluding carboxylic acids is 1. The average molecular weight is 314 g/mol. The molecule has 1 amide bonds. The minimum atomic E-state index is -0.0423. The molecule has 2 rings (SSSR count). The number of thioether (sulfide) groups is 1. The number of nitrogens with zero attached hydrogens (tertiary/aromatic N) is 1. The van der Waals surface area contributed by atoms with Crippen LogP contribution in [0.3, 0.4) is 0 Å². The first kappa shape index (κ1) is 16.6. The largest absolute Gasteiger partial charge is 0.351 e. The van der Waals surface area contributed by atoms with Crippen LogP contribution in [0.4, 0.5) is 0 Å². The van der Waals surface area contributed by atoms with E-state index < -0.39 is 0 Å². The molecule has 1 N–H and O–H groups in total. The van der Waals surface area contributed by atoms with Crippen LogP contribution in [0, 0.1) is 5.92 Å². The number of rotatable bonds is 6. The summed E-state index contributed by atoms with van der Waals surface area (Å²) in [4.78, 5) is 16.5. The molecule has 0 radical (unpaired) electrons. The lowest BCUT2D eigenvalue weighted by atomic mass is 9.88. The second kappa shape index (κ2) is 7.99. The maximum atomic E-state index is 12.3. The maximum absolute atomic E-state index is 12.3. The van der Waals surface area contributed by atoms with Gasteiger partial charge >= 0.3 is 0 Å². The second-order valence-corrected chi connectivity index (χ2v) is 6.38. The fraction of sp³-hybridized carbons (Fsp3) is 0.333. The smallest absolute Gasteiger partial charge is 0.251 e. The molecule has 0 aliphatic rings. The van der Waals surface area contributed by atoms with Crippen LogP contribution in [0.1, 0.15) is 35.7 Å². The van der Waals surface area contributed by atoms with Crippen LogP contribution < -0.4 is 5.32 Å². The minimum Gasteiger partial charge on any atom is -0.351 e. The molecule has 1 aromatic heterocycles. The second-order valence-electron chi connectivity index (χ2n) is 5.56. The number of benzene rings is 1. The van der Waals surface area contributed by atoms with Crippen molar-refractivity contribution in [2.75, 3.05) is 12.8 Å². The van der Waals surface area contributed by atoms with Crippen molar-refractivity contribution < 1.29 is 4.79 Å². The van der Waals surface area contributed by atoms with Crippen molar-refractivity contribution in [2.45, 2.75) is 24.8 Å². The standard InChI is InChI=1S/C18H22N2OS/c1-13(2)16(14-7-5-4-6-8-14)12-20-18(21)15-9-10-19-17(11-15)22-3/h4-11,13,16H,12H2,1-3H3,(H,20,21). The number of hydrogen-bond acceptors (Lipinski definition) is 3. The van der Waals surface area contributed by atoms with Gasteiger partial charge in [-0.15, -0.1) is 11.8 Å². The van der Waals surface area contributed by atoms with Crippen molar-refractivity contribution >= 4 is 17.7 Å². The van der Waals surface area contributed by atoms with E-state index in [0.717, 1.165) is 5.03 Å². The summed E-state index contributed by atoms with van der Waals surface area (Å²) in [6.45, 7) is 5.00. The molecule has 0 bridgehead atoms. The molecule has 1 unspecified atom stereocenters. The molecule has 2 aromatic rings. The molecule has 1 aromatic carbocycles. The zero-order chi connectivity index (χ0) is 15.9. The Kier molecular flexibility index (Phi) is 6.01. The molecule has 0 saturated carbocycles. The van der Waals surface area contributed by atoms with Crippen LogP contribution in [-0.4, -0.2) is 23.7 Å². The number of carbonyl (C=O) groups is 1. The summed E-state index contributed by atoms with van der Waals surface area (Å²) < 4.78 is 0. The molecule has 0 saturated heterocycles. The third-order valence-corrected chi connectivity index (χ3v) is 4.36. The van der Waals surface area contributed by atoms with Crippen LogP contribution in [0.25, 0.3) is 0 Å². The lowest BCUT2D eigenvalue weighted by molar-refractivity contribution is 0.0948. The molecule has 0 aliphatic heterocycles. The predicted molar refractivity (Wildman–Crippen MR) is 92.4 cm³/mol. The molecule has 4 heteroatoms. The molecule has 0 fully saturated rings. The average Bonchev–Trinajstić information content (AvgIpc) is 2.55. The summed E-state index contributed by atoms with van der Waals surface area (Å²) in [7, 11) is 0. The fourth-order valence-corrected chi connectivity index (χ4v) is 2.82. The van der Waals surface area contributed by atoms with E-state index in [1.165, 1.54) is 17.3 Å². The van der Waals surface area contributed by atoms with E-state index >= 15 is 0 Å². The van der Waals surface area contributed by atoms with Crippen molar-refractivity contribution in [1.29, 1.82) is 0 Å². The summed E-state index contributed by atoms with van der Waals surface area (Å²) in [5.74, 6) is 0.730. The highest BCUT2D eigenvalue weighted by Crippen LogP contribution is 2.23. The van der Waals surface area contributed by atoms with Crippen LogP contribution in [0.15, 0.2) is 53.7 Å². The monoisotopic (exact) mass is 314 g/mol. The van der Waals surface area contributed by atoms with Crippen molar-refractivity contribution in [3.63, 3.8) is 0 Å². The SMILES string of the molecule is CSc1cc(C(=O)NCC(c2ccccc2)C(C)C)ccn1. The van der Waals surface area contributed by atoms with Gasteiger partial charge < -0.3 is 5.32 Å². The Balaban J connectivity index is 2.04. The summed E-state index contributed by atoms with van der Waals surface area (Å²) in [6.07, 6.45) is 3.63. The Morgan fingerprint density at radius 1 is 1.23 bits per heavy atom. The molecule has 0 spiro atoms. The third-order valence-electron chi connectivity index (χ3n) is 3.72.